The van der Waals surface area contributed by atoms with Crippen LogP contribution >= 0.6 is 0 Å². The Morgan fingerprint density at radius 1 is 1.10 bits per heavy atom. The summed E-state index contributed by atoms with van der Waals surface area (Å²) in [6.45, 7) is 1.82. The van der Waals surface area contributed by atoms with E-state index in [0.717, 1.165) is 17.8 Å². The number of hydrogen-bond acceptors (Lipinski definition) is 2. The van der Waals surface area contributed by atoms with Gasteiger partial charge in [-0.15, -0.1) is 0 Å². The maximum atomic E-state index is 13.1. The normalized spacial score (nSPS) is 11.8. The van der Waals surface area contributed by atoms with Crippen LogP contribution in [0.5, 0.6) is 0 Å². The van der Waals surface area contributed by atoms with Gasteiger partial charge >= 0.3 is 0 Å². The monoisotopic (exact) mass is 290 g/mol. The van der Waals surface area contributed by atoms with Crippen molar-refractivity contribution >= 4 is 11.6 Å². The third-order valence-corrected chi connectivity index (χ3v) is 3.05. The molecular weight excluding hydrogens is 274 g/mol. The van der Waals surface area contributed by atoms with E-state index in [1.165, 1.54) is 6.07 Å². The zero-order chi connectivity index (χ0) is 15.2. The van der Waals surface area contributed by atoms with Crippen molar-refractivity contribution in [2.75, 3.05) is 11.9 Å². The van der Waals surface area contributed by atoms with Crippen LogP contribution in [0.15, 0.2) is 48.5 Å². The molecule has 1 unspecified atom stereocenters. The van der Waals surface area contributed by atoms with Crippen LogP contribution in [0.25, 0.3) is 0 Å². The van der Waals surface area contributed by atoms with E-state index in [2.05, 4.69) is 10.6 Å². The van der Waals surface area contributed by atoms with Crippen molar-refractivity contribution in [3.8, 4) is 0 Å². The van der Waals surface area contributed by atoms with Gasteiger partial charge in [0.05, 0.1) is 12.6 Å². The summed E-state index contributed by atoms with van der Waals surface area (Å²) in [5.74, 6) is -2.05. The third-order valence-electron chi connectivity index (χ3n) is 3.05. The molecule has 0 heterocycles. The van der Waals surface area contributed by atoms with Crippen molar-refractivity contribution < 1.29 is 13.6 Å². The van der Waals surface area contributed by atoms with Crippen molar-refractivity contribution in [2.45, 2.75) is 13.0 Å². The Morgan fingerprint density at radius 3 is 2.48 bits per heavy atom. The van der Waals surface area contributed by atoms with Crippen molar-refractivity contribution in [2.24, 2.45) is 0 Å². The van der Waals surface area contributed by atoms with E-state index in [9.17, 15) is 13.6 Å². The Labute approximate surface area is 122 Å². The first-order valence-electron chi connectivity index (χ1n) is 6.59. The fourth-order valence-electron chi connectivity index (χ4n) is 1.90. The smallest absolute Gasteiger partial charge is 0.239 e. The van der Waals surface area contributed by atoms with Crippen LogP contribution < -0.4 is 10.6 Å². The predicted molar refractivity (Wildman–Crippen MR) is 77.8 cm³/mol. The van der Waals surface area contributed by atoms with Gasteiger partial charge in [0, 0.05) is 5.69 Å². The highest BCUT2D eigenvalue weighted by molar-refractivity contribution is 5.81. The second-order valence-corrected chi connectivity index (χ2v) is 4.68. The predicted octanol–water partition coefficient (Wildman–Crippen LogP) is 3.25. The summed E-state index contributed by atoms with van der Waals surface area (Å²) in [6.07, 6.45) is 0. The first-order valence-corrected chi connectivity index (χ1v) is 6.59. The van der Waals surface area contributed by atoms with E-state index in [1.807, 2.05) is 30.3 Å². The SMILES string of the molecule is CC(NC(=O)CNc1ccccc1)c1ccc(F)c(F)c1. The molecule has 0 aromatic heterocycles. The molecule has 0 spiro atoms. The Morgan fingerprint density at radius 2 is 1.81 bits per heavy atom. The highest BCUT2D eigenvalue weighted by Gasteiger charge is 2.11. The number of anilines is 1. The van der Waals surface area contributed by atoms with Crippen molar-refractivity contribution in [1.82, 2.24) is 5.32 Å². The molecular formula is C16H16F2N2O. The van der Waals surface area contributed by atoms with Crippen LogP contribution in [0.3, 0.4) is 0 Å². The second kappa shape index (κ2) is 6.83. The lowest BCUT2D eigenvalue weighted by Crippen LogP contribution is -2.32. The van der Waals surface area contributed by atoms with Gasteiger partial charge in [0.1, 0.15) is 0 Å². The van der Waals surface area contributed by atoms with Crippen LogP contribution in [0, 0.1) is 11.6 Å². The molecule has 0 fully saturated rings. The topological polar surface area (TPSA) is 41.1 Å². The standard InChI is InChI=1S/C16H16F2N2O/c1-11(12-7-8-14(17)15(18)9-12)20-16(21)10-19-13-5-3-2-4-6-13/h2-9,11,19H,10H2,1H3,(H,20,21). The maximum Gasteiger partial charge on any atom is 0.239 e. The molecule has 3 nitrogen and oxygen atoms in total. The van der Waals surface area contributed by atoms with Crippen molar-refractivity contribution in [1.29, 1.82) is 0 Å². The number of amides is 1. The summed E-state index contributed by atoms with van der Waals surface area (Å²) < 4.78 is 26.0. The van der Waals surface area contributed by atoms with E-state index in [4.69, 9.17) is 0 Å². The summed E-state index contributed by atoms with van der Waals surface area (Å²) >= 11 is 0. The molecule has 2 aromatic rings. The lowest BCUT2D eigenvalue weighted by Gasteiger charge is -2.15. The highest BCUT2D eigenvalue weighted by Crippen LogP contribution is 2.15. The first-order chi connectivity index (χ1) is 10.1. The lowest BCUT2D eigenvalue weighted by atomic mass is 10.1. The molecule has 0 aliphatic heterocycles. The molecule has 2 aromatic carbocycles. The molecule has 5 heteroatoms. The second-order valence-electron chi connectivity index (χ2n) is 4.68. The van der Waals surface area contributed by atoms with Gasteiger partial charge in [-0.3, -0.25) is 4.79 Å². The molecule has 0 radical (unpaired) electrons. The van der Waals surface area contributed by atoms with Crippen LogP contribution in [0.4, 0.5) is 14.5 Å². The lowest BCUT2D eigenvalue weighted by molar-refractivity contribution is -0.120. The largest absolute Gasteiger partial charge is 0.376 e. The molecule has 110 valence electrons. The van der Waals surface area contributed by atoms with Crippen LogP contribution in [-0.2, 0) is 4.79 Å². The number of para-hydroxylation sites is 1. The zero-order valence-electron chi connectivity index (χ0n) is 11.6. The van der Waals surface area contributed by atoms with Gasteiger partial charge in [-0.25, -0.2) is 8.78 Å². The van der Waals surface area contributed by atoms with Crippen molar-refractivity contribution in [3.05, 3.63) is 65.7 Å². The third kappa shape index (κ3) is 4.27. The molecule has 1 atom stereocenters. The summed E-state index contributed by atoms with van der Waals surface area (Å²) in [5, 5.41) is 5.70. The van der Waals surface area contributed by atoms with E-state index in [-0.39, 0.29) is 12.5 Å². The summed E-state index contributed by atoms with van der Waals surface area (Å²) in [5.41, 5.74) is 1.36. The van der Waals surface area contributed by atoms with Gasteiger partial charge in [0.25, 0.3) is 0 Å². The summed E-state index contributed by atoms with van der Waals surface area (Å²) in [7, 11) is 0. The number of rotatable bonds is 5. The number of carbonyl (C=O) groups excluding carboxylic acids is 1. The quantitative estimate of drug-likeness (QED) is 0.887. The Hall–Kier alpha value is -2.43. The van der Waals surface area contributed by atoms with Gasteiger partial charge in [-0.1, -0.05) is 24.3 Å². The van der Waals surface area contributed by atoms with Crippen LogP contribution in [-0.4, -0.2) is 12.5 Å². The fraction of sp³-hybridized carbons (Fsp3) is 0.188. The van der Waals surface area contributed by atoms with Crippen LogP contribution in [0.1, 0.15) is 18.5 Å². The van der Waals surface area contributed by atoms with Gasteiger partial charge in [-0.05, 0) is 36.8 Å². The van der Waals surface area contributed by atoms with E-state index in [1.54, 1.807) is 6.92 Å². The fourth-order valence-corrected chi connectivity index (χ4v) is 1.90. The number of halogens is 2. The molecule has 0 aliphatic carbocycles. The average Bonchev–Trinajstić information content (AvgIpc) is 2.49. The van der Waals surface area contributed by atoms with E-state index in [0.29, 0.717) is 5.56 Å². The number of hydrogen-bond donors (Lipinski definition) is 2. The van der Waals surface area contributed by atoms with E-state index < -0.39 is 17.7 Å². The number of nitrogens with one attached hydrogen (secondary N) is 2. The van der Waals surface area contributed by atoms with Gasteiger partial charge in [-0.2, -0.15) is 0 Å². The van der Waals surface area contributed by atoms with E-state index >= 15 is 0 Å². The Kier molecular flexibility index (Phi) is 4.87. The minimum atomic E-state index is -0.920. The molecule has 0 aliphatic rings. The number of carbonyl (C=O) groups is 1. The Bertz CT molecular complexity index is 617. The number of benzene rings is 2. The summed E-state index contributed by atoms with van der Waals surface area (Å²) in [6, 6.07) is 12.5. The first kappa shape index (κ1) is 15.0. The molecule has 21 heavy (non-hydrogen) atoms. The molecule has 0 bridgehead atoms. The Balaban J connectivity index is 1.88. The minimum absolute atomic E-state index is 0.109. The molecule has 0 saturated carbocycles. The molecule has 2 rings (SSSR count). The highest BCUT2D eigenvalue weighted by atomic mass is 19.2. The van der Waals surface area contributed by atoms with Gasteiger partial charge < -0.3 is 10.6 Å². The van der Waals surface area contributed by atoms with Gasteiger partial charge in [0.2, 0.25) is 5.91 Å². The molecule has 1 amide bonds. The molecule has 0 saturated heterocycles. The summed E-state index contributed by atoms with van der Waals surface area (Å²) in [4.78, 5) is 11.8. The maximum absolute atomic E-state index is 13.1. The minimum Gasteiger partial charge on any atom is -0.376 e. The van der Waals surface area contributed by atoms with Gasteiger partial charge in [0.15, 0.2) is 11.6 Å². The van der Waals surface area contributed by atoms with Crippen molar-refractivity contribution in [3.63, 3.8) is 0 Å². The zero-order valence-corrected chi connectivity index (χ0v) is 11.6. The molecule has 2 N–H and O–H groups in total. The van der Waals surface area contributed by atoms with Crippen LogP contribution in [0.2, 0.25) is 0 Å². The average molecular weight is 290 g/mol.